The van der Waals surface area contributed by atoms with E-state index in [-0.39, 0.29) is 17.8 Å². The normalized spacial score (nSPS) is 13.2. The number of hydrogen-bond donors (Lipinski definition) is 0. The number of nitrogens with zero attached hydrogens (tertiary/aromatic N) is 1. The molecule has 0 N–H and O–H groups in total. The van der Waals surface area contributed by atoms with Crippen LogP contribution < -0.4 is 4.74 Å². The van der Waals surface area contributed by atoms with Gasteiger partial charge in [0.25, 0.3) is 5.91 Å². The number of hydrogen-bond acceptors (Lipinski definition) is 2. The minimum absolute atomic E-state index is 0.0219. The Bertz CT molecular complexity index is 1260. The van der Waals surface area contributed by atoms with E-state index < -0.39 is 0 Å². The predicted octanol–water partition coefficient (Wildman–Crippen LogP) is 5.80. The minimum Gasteiger partial charge on any atom is -0.496 e. The van der Waals surface area contributed by atoms with Crippen LogP contribution in [0.4, 0.5) is 4.39 Å². The van der Waals surface area contributed by atoms with Gasteiger partial charge in [-0.25, -0.2) is 4.39 Å². The Kier molecular flexibility index (Phi) is 5.36. The maximum Gasteiger partial charge on any atom is 0.258 e. The van der Waals surface area contributed by atoms with Gasteiger partial charge in [-0.3, -0.25) is 4.79 Å². The number of carbonyl (C=O) groups is 1. The second-order valence-electron chi connectivity index (χ2n) is 8.25. The van der Waals surface area contributed by atoms with Crippen LogP contribution in [0.3, 0.4) is 0 Å². The molecule has 160 valence electrons. The second kappa shape index (κ2) is 8.46. The Morgan fingerprint density at radius 1 is 0.906 bits per heavy atom. The van der Waals surface area contributed by atoms with Crippen molar-refractivity contribution in [2.75, 3.05) is 7.11 Å². The van der Waals surface area contributed by atoms with Crippen molar-refractivity contribution in [3.63, 3.8) is 0 Å². The average Bonchev–Trinajstić information content (AvgIpc) is 3.26. The smallest absolute Gasteiger partial charge is 0.258 e. The fourth-order valence-electron chi connectivity index (χ4n) is 4.70. The van der Waals surface area contributed by atoms with Gasteiger partial charge in [-0.1, -0.05) is 66.7 Å². The lowest BCUT2D eigenvalue weighted by molar-refractivity contribution is 0.0666. The van der Waals surface area contributed by atoms with Crippen molar-refractivity contribution >= 4 is 16.7 Å². The van der Waals surface area contributed by atoms with Gasteiger partial charge in [0.15, 0.2) is 0 Å². The fraction of sp³-hybridized carbons (Fsp3) is 0.179. The zero-order valence-electron chi connectivity index (χ0n) is 17.9. The summed E-state index contributed by atoms with van der Waals surface area (Å²) in [7, 11) is 1.59. The maximum absolute atomic E-state index is 14.1. The van der Waals surface area contributed by atoms with E-state index >= 15 is 0 Å². The lowest BCUT2D eigenvalue weighted by atomic mass is 10.0. The van der Waals surface area contributed by atoms with E-state index in [2.05, 4.69) is 12.1 Å². The SMILES string of the molecule is COc1ccc2ccccc2c1C(=O)N(Cc1ccc(F)cc1)C1Cc2ccccc2C1. The van der Waals surface area contributed by atoms with Crippen LogP contribution >= 0.6 is 0 Å². The van der Waals surface area contributed by atoms with Crippen molar-refractivity contribution in [1.82, 2.24) is 4.90 Å². The molecule has 0 heterocycles. The van der Waals surface area contributed by atoms with Crippen LogP contribution in [-0.4, -0.2) is 24.0 Å². The van der Waals surface area contributed by atoms with Gasteiger partial charge in [-0.15, -0.1) is 0 Å². The van der Waals surface area contributed by atoms with Gasteiger partial charge in [-0.05, 0) is 58.5 Å². The van der Waals surface area contributed by atoms with Crippen LogP contribution in [0.15, 0.2) is 84.9 Å². The number of rotatable bonds is 5. The molecule has 0 unspecified atom stereocenters. The van der Waals surface area contributed by atoms with Gasteiger partial charge >= 0.3 is 0 Å². The highest BCUT2D eigenvalue weighted by Crippen LogP contribution is 2.33. The Morgan fingerprint density at radius 3 is 2.25 bits per heavy atom. The molecule has 1 aliphatic carbocycles. The van der Waals surface area contributed by atoms with Crippen LogP contribution in [0.5, 0.6) is 5.75 Å². The first-order valence-electron chi connectivity index (χ1n) is 10.8. The summed E-state index contributed by atoms with van der Waals surface area (Å²) in [5.41, 5.74) is 4.03. The molecule has 0 atom stereocenters. The summed E-state index contributed by atoms with van der Waals surface area (Å²) in [5.74, 6) is 0.213. The largest absolute Gasteiger partial charge is 0.496 e. The second-order valence-corrected chi connectivity index (χ2v) is 8.25. The van der Waals surface area contributed by atoms with E-state index in [1.54, 1.807) is 19.2 Å². The van der Waals surface area contributed by atoms with Gasteiger partial charge < -0.3 is 9.64 Å². The van der Waals surface area contributed by atoms with Crippen molar-refractivity contribution in [3.05, 3.63) is 113 Å². The van der Waals surface area contributed by atoms with Crippen LogP contribution in [0.25, 0.3) is 10.8 Å². The molecule has 3 nitrogen and oxygen atoms in total. The van der Waals surface area contributed by atoms with Crippen LogP contribution in [0.1, 0.15) is 27.0 Å². The molecule has 0 saturated heterocycles. The lowest BCUT2D eigenvalue weighted by Crippen LogP contribution is -2.40. The summed E-state index contributed by atoms with van der Waals surface area (Å²) < 4.78 is 19.1. The first-order chi connectivity index (χ1) is 15.6. The third kappa shape index (κ3) is 3.73. The van der Waals surface area contributed by atoms with Gasteiger partial charge in [0, 0.05) is 12.6 Å². The number of halogens is 1. The average molecular weight is 426 g/mol. The predicted molar refractivity (Wildman–Crippen MR) is 124 cm³/mol. The van der Waals surface area contributed by atoms with E-state index in [4.69, 9.17) is 4.74 Å². The molecule has 0 bridgehead atoms. The lowest BCUT2D eigenvalue weighted by Gasteiger charge is -2.30. The molecule has 4 heteroatoms. The van der Waals surface area contributed by atoms with E-state index in [0.29, 0.717) is 17.9 Å². The van der Waals surface area contributed by atoms with E-state index in [1.165, 1.54) is 23.3 Å². The van der Waals surface area contributed by atoms with E-state index in [9.17, 15) is 9.18 Å². The first kappa shape index (κ1) is 20.3. The van der Waals surface area contributed by atoms with Crippen molar-refractivity contribution in [3.8, 4) is 5.75 Å². The van der Waals surface area contributed by atoms with Crippen LogP contribution in [0, 0.1) is 5.82 Å². The summed E-state index contributed by atoms with van der Waals surface area (Å²) in [6, 6.07) is 26.5. The fourth-order valence-corrected chi connectivity index (χ4v) is 4.70. The van der Waals surface area contributed by atoms with E-state index in [0.717, 1.165) is 29.2 Å². The highest BCUT2D eigenvalue weighted by atomic mass is 19.1. The van der Waals surface area contributed by atoms with Gasteiger partial charge in [0.05, 0.1) is 12.7 Å². The molecule has 0 aliphatic heterocycles. The summed E-state index contributed by atoms with van der Waals surface area (Å²) in [4.78, 5) is 16.0. The monoisotopic (exact) mass is 425 g/mol. The Morgan fingerprint density at radius 2 is 1.56 bits per heavy atom. The first-order valence-corrected chi connectivity index (χ1v) is 10.8. The number of fused-ring (bicyclic) bond motifs is 2. The van der Waals surface area contributed by atoms with Gasteiger partial charge in [0.1, 0.15) is 11.6 Å². The molecule has 0 spiro atoms. The number of benzene rings is 4. The third-order valence-corrected chi connectivity index (χ3v) is 6.32. The highest BCUT2D eigenvalue weighted by molar-refractivity contribution is 6.09. The summed E-state index contributed by atoms with van der Waals surface area (Å²) in [6.07, 6.45) is 1.60. The molecule has 5 rings (SSSR count). The topological polar surface area (TPSA) is 29.5 Å². The molecule has 1 aliphatic rings. The molecule has 4 aromatic carbocycles. The molecule has 32 heavy (non-hydrogen) atoms. The zero-order valence-corrected chi connectivity index (χ0v) is 17.9. The standard InChI is InChI=1S/C28H24FNO2/c1-32-26-15-12-20-6-4-5-9-25(20)27(26)28(31)30(18-19-10-13-23(29)14-11-19)24-16-21-7-2-3-8-22(21)17-24/h2-15,24H,16-18H2,1H3. The van der Waals surface area contributed by atoms with Crippen LogP contribution in [-0.2, 0) is 19.4 Å². The molecule has 4 aromatic rings. The summed E-state index contributed by atoms with van der Waals surface area (Å²) >= 11 is 0. The number of ether oxygens (including phenoxy) is 1. The number of amides is 1. The number of carbonyl (C=O) groups excluding carboxylic acids is 1. The Hall–Kier alpha value is -3.66. The molecule has 0 fully saturated rings. The third-order valence-electron chi connectivity index (χ3n) is 6.32. The number of methoxy groups -OCH3 is 1. The highest BCUT2D eigenvalue weighted by Gasteiger charge is 2.32. The molecule has 1 amide bonds. The van der Waals surface area contributed by atoms with Crippen molar-refractivity contribution in [2.45, 2.75) is 25.4 Å². The molecular formula is C28H24FNO2. The van der Waals surface area contributed by atoms with E-state index in [1.807, 2.05) is 53.4 Å². The van der Waals surface area contributed by atoms with Crippen molar-refractivity contribution in [2.24, 2.45) is 0 Å². The summed E-state index contributed by atoms with van der Waals surface area (Å²) in [6.45, 7) is 0.407. The Labute approximate surface area is 187 Å². The molecule has 0 aromatic heterocycles. The maximum atomic E-state index is 14.1. The molecular weight excluding hydrogens is 401 g/mol. The quantitative estimate of drug-likeness (QED) is 0.405. The molecule has 0 radical (unpaired) electrons. The van der Waals surface area contributed by atoms with Gasteiger partial charge in [-0.2, -0.15) is 0 Å². The Balaban J connectivity index is 1.58. The van der Waals surface area contributed by atoms with Crippen molar-refractivity contribution in [1.29, 1.82) is 0 Å². The van der Waals surface area contributed by atoms with Crippen molar-refractivity contribution < 1.29 is 13.9 Å². The molecule has 0 saturated carbocycles. The minimum atomic E-state index is -0.282. The van der Waals surface area contributed by atoms with Gasteiger partial charge in [0.2, 0.25) is 0 Å². The zero-order chi connectivity index (χ0) is 22.1. The van der Waals surface area contributed by atoms with Crippen LogP contribution in [0.2, 0.25) is 0 Å². The summed E-state index contributed by atoms with van der Waals surface area (Å²) in [5, 5.41) is 1.87.